The Labute approximate surface area is 125 Å². The lowest BCUT2D eigenvalue weighted by Crippen LogP contribution is -2.39. The monoisotopic (exact) mass is 286 g/mol. The van der Waals surface area contributed by atoms with Crippen molar-refractivity contribution in [2.45, 2.75) is 13.0 Å². The molecule has 1 unspecified atom stereocenters. The highest BCUT2D eigenvalue weighted by atomic mass is 16.1. The molecule has 0 fully saturated rings. The lowest BCUT2D eigenvalue weighted by Gasteiger charge is -2.18. The van der Waals surface area contributed by atoms with Crippen LogP contribution in [0.15, 0.2) is 30.3 Å². The fourth-order valence-corrected chi connectivity index (χ4v) is 2.40. The van der Waals surface area contributed by atoms with Gasteiger partial charge in [-0.1, -0.05) is 24.3 Å². The van der Waals surface area contributed by atoms with Crippen LogP contribution in [-0.4, -0.2) is 49.5 Å². The second-order valence-corrected chi connectivity index (χ2v) is 5.46. The van der Waals surface area contributed by atoms with Crippen LogP contribution in [0.1, 0.15) is 17.4 Å². The molecule has 1 amide bonds. The minimum absolute atomic E-state index is 0.0683. The van der Waals surface area contributed by atoms with E-state index in [2.05, 4.69) is 15.6 Å². The molecular formula is C16H22N4O. The number of hydrogen-bond donors (Lipinski definition) is 2. The van der Waals surface area contributed by atoms with Gasteiger partial charge in [0.2, 0.25) is 0 Å². The number of pyridine rings is 1. The van der Waals surface area contributed by atoms with Gasteiger partial charge in [-0.2, -0.15) is 0 Å². The largest absolute Gasteiger partial charge is 0.373 e. The fourth-order valence-electron chi connectivity index (χ4n) is 2.40. The Balaban J connectivity index is 2.27. The second kappa shape index (κ2) is 6.54. The van der Waals surface area contributed by atoms with E-state index in [0.717, 1.165) is 23.1 Å². The summed E-state index contributed by atoms with van der Waals surface area (Å²) >= 11 is 0. The Hall–Kier alpha value is -2.14. The average Bonchev–Trinajstić information content (AvgIpc) is 2.44. The molecule has 21 heavy (non-hydrogen) atoms. The summed E-state index contributed by atoms with van der Waals surface area (Å²) in [5.41, 5.74) is 0.434. The lowest BCUT2D eigenvalue weighted by atomic mass is 10.1. The number of anilines is 1. The number of rotatable bonds is 5. The third-order valence-corrected chi connectivity index (χ3v) is 3.23. The van der Waals surface area contributed by atoms with Crippen LogP contribution in [0.25, 0.3) is 10.8 Å². The Morgan fingerprint density at radius 3 is 2.71 bits per heavy atom. The number of fused-ring (bicyclic) bond motifs is 1. The standard InChI is InChI=1S/C16H22N4O/c1-11(10-20(3)4)18-16(21)14-9-12-7-5-6-8-13(12)15(17-2)19-14/h5-9,11H,10H2,1-4H3,(H,17,19)(H,18,21). The van der Waals surface area contributed by atoms with Crippen LogP contribution in [0.4, 0.5) is 5.82 Å². The van der Waals surface area contributed by atoms with Crippen molar-refractivity contribution in [3.63, 3.8) is 0 Å². The first-order chi connectivity index (χ1) is 10.0. The van der Waals surface area contributed by atoms with Crippen molar-refractivity contribution < 1.29 is 4.79 Å². The van der Waals surface area contributed by atoms with E-state index >= 15 is 0 Å². The van der Waals surface area contributed by atoms with Gasteiger partial charge in [-0.05, 0) is 32.5 Å². The van der Waals surface area contributed by atoms with Crippen LogP contribution in [0.5, 0.6) is 0 Å². The summed E-state index contributed by atoms with van der Waals surface area (Å²) in [5.74, 6) is 0.574. The van der Waals surface area contributed by atoms with Gasteiger partial charge in [0.1, 0.15) is 11.5 Å². The summed E-state index contributed by atoms with van der Waals surface area (Å²) in [6.07, 6.45) is 0. The van der Waals surface area contributed by atoms with Crippen LogP contribution < -0.4 is 10.6 Å². The molecule has 5 nitrogen and oxygen atoms in total. The molecule has 1 heterocycles. The minimum Gasteiger partial charge on any atom is -0.373 e. The molecule has 0 aliphatic rings. The van der Waals surface area contributed by atoms with Gasteiger partial charge in [-0.15, -0.1) is 0 Å². The smallest absolute Gasteiger partial charge is 0.270 e. The molecule has 0 spiro atoms. The number of hydrogen-bond acceptors (Lipinski definition) is 4. The molecule has 0 saturated heterocycles. The van der Waals surface area contributed by atoms with Crippen molar-refractivity contribution in [2.75, 3.05) is 33.0 Å². The van der Waals surface area contributed by atoms with E-state index in [9.17, 15) is 4.79 Å². The van der Waals surface area contributed by atoms with Gasteiger partial charge in [-0.3, -0.25) is 4.79 Å². The molecule has 2 rings (SSSR count). The average molecular weight is 286 g/mol. The molecule has 1 aromatic carbocycles. The highest BCUT2D eigenvalue weighted by molar-refractivity contribution is 6.00. The van der Waals surface area contributed by atoms with Gasteiger partial charge in [0.05, 0.1) is 0 Å². The van der Waals surface area contributed by atoms with Crippen molar-refractivity contribution in [1.29, 1.82) is 0 Å². The molecule has 1 atom stereocenters. The summed E-state index contributed by atoms with van der Waals surface area (Å²) < 4.78 is 0. The summed E-state index contributed by atoms with van der Waals surface area (Å²) in [6, 6.07) is 9.79. The van der Waals surface area contributed by atoms with E-state index in [1.54, 1.807) is 0 Å². The van der Waals surface area contributed by atoms with Crippen molar-refractivity contribution in [3.8, 4) is 0 Å². The molecule has 2 aromatic rings. The van der Waals surface area contributed by atoms with Crippen LogP contribution in [0, 0.1) is 0 Å². The van der Waals surface area contributed by atoms with E-state index in [-0.39, 0.29) is 11.9 Å². The number of aromatic nitrogens is 1. The molecule has 5 heteroatoms. The minimum atomic E-state index is -0.147. The highest BCUT2D eigenvalue weighted by Gasteiger charge is 2.14. The van der Waals surface area contributed by atoms with Gasteiger partial charge in [-0.25, -0.2) is 4.98 Å². The zero-order chi connectivity index (χ0) is 15.4. The first-order valence-electron chi connectivity index (χ1n) is 7.04. The quantitative estimate of drug-likeness (QED) is 0.882. The van der Waals surface area contributed by atoms with Crippen LogP contribution in [0.2, 0.25) is 0 Å². The molecule has 0 aliphatic heterocycles. The van der Waals surface area contributed by atoms with Crippen LogP contribution in [-0.2, 0) is 0 Å². The van der Waals surface area contributed by atoms with Gasteiger partial charge in [0, 0.05) is 25.0 Å². The Bertz CT molecular complexity index is 639. The maximum Gasteiger partial charge on any atom is 0.270 e. The third kappa shape index (κ3) is 3.70. The fraction of sp³-hybridized carbons (Fsp3) is 0.375. The Kier molecular flexibility index (Phi) is 4.75. The number of amides is 1. The predicted octanol–water partition coefficient (Wildman–Crippen LogP) is 1.96. The molecule has 2 N–H and O–H groups in total. The maximum atomic E-state index is 12.3. The molecule has 0 radical (unpaired) electrons. The number of likely N-dealkylation sites (N-methyl/N-ethyl adjacent to an activating group) is 1. The summed E-state index contributed by atoms with van der Waals surface area (Å²) in [6.45, 7) is 2.77. The first kappa shape index (κ1) is 15.3. The third-order valence-electron chi connectivity index (χ3n) is 3.23. The van der Waals surface area contributed by atoms with Gasteiger partial charge >= 0.3 is 0 Å². The SMILES string of the molecule is CNc1nc(C(=O)NC(C)CN(C)C)cc2ccccc12. The summed E-state index contributed by atoms with van der Waals surface area (Å²) in [7, 11) is 5.78. The lowest BCUT2D eigenvalue weighted by molar-refractivity contribution is 0.0929. The van der Waals surface area contributed by atoms with Crippen molar-refractivity contribution in [3.05, 3.63) is 36.0 Å². The van der Waals surface area contributed by atoms with Crippen molar-refractivity contribution in [1.82, 2.24) is 15.2 Å². The number of carbonyl (C=O) groups excluding carboxylic acids is 1. The number of carbonyl (C=O) groups is 1. The summed E-state index contributed by atoms with van der Waals surface area (Å²) in [4.78, 5) is 18.8. The molecule has 112 valence electrons. The summed E-state index contributed by atoms with van der Waals surface area (Å²) in [5, 5.41) is 8.04. The molecule has 1 aromatic heterocycles. The normalized spacial score (nSPS) is 12.4. The van der Waals surface area contributed by atoms with Gasteiger partial charge in [0.25, 0.3) is 5.91 Å². The number of nitrogens with zero attached hydrogens (tertiary/aromatic N) is 2. The molecule has 0 bridgehead atoms. The van der Waals surface area contributed by atoms with Crippen molar-refractivity contribution >= 4 is 22.5 Å². The molecule has 0 aliphatic carbocycles. The Morgan fingerprint density at radius 1 is 1.33 bits per heavy atom. The topological polar surface area (TPSA) is 57.3 Å². The maximum absolute atomic E-state index is 12.3. The van der Waals surface area contributed by atoms with Gasteiger partial charge in [0.15, 0.2) is 0 Å². The predicted molar refractivity (Wildman–Crippen MR) is 86.8 cm³/mol. The zero-order valence-corrected chi connectivity index (χ0v) is 13.0. The molecule has 0 saturated carbocycles. The first-order valence-corrected chi connectivity index (χ1v) is 7.04. The number of nitrogens with one attached hydrogen (secondary N) is 2. The van der Waals surface area contributed by atoms with Crippen LogP contribution in [0.3, 0.4) is 0 Å². The van der Waals surface area contributed by atoms with E-state index in [0.29, 0.717) is 5.69 Å². The number of benzene rings is 1. The Morgan fingerprint density at radius 2 is 2.05 bits per heavy atom. The van der Waals surface area contributed by atoms with E-state index in [1.165, 1.54) is 0 Å². The van der Waals surface area contributed by atoms with Gasteiger partial charge < -0.3 is 15.5 Å². The highest BCUT2D eigenvalue weighted by Crippen LogP contribution is 2.22. The second-order valence-electron chi connectivity index (χ2n) is 5.46. The van der Waals surface area contributed by atoms with E-state index < -0.39 is 0 Å². The molecular weight excluding hydrogens is 264 g/mol. The zero-order valence-electron chi connectivity index (χ0n) is 13.0. The van der Waals surface area contributed by atoms with Crippen LogP contribution >= 0.6 is 0 Å². The van der Waals surface area contributed by atoms with Crippen molar-refractivity contribution in [2.24, 2.45) is 0 Å². The van der Waals surface area contributed by atoms with E-state index in [1.807, 2.05) is 63.3 Å². The van der Waals surface area contributed by atoms with E-state index in [4.69, 9.17) is 0 Å².